The van der Waals surface area contributed by atoms with Crippen LogP contribution in [0.2, 0.25) is 0 Å². The number of hydrazine groups is 1. The SMILES string of the molecule is Cc1nn(C)c(C)c1C(Cc1ccncc1)NN. The highest BCUT2D eigenvalue weighted by molar-refractivity contribution is 5.30. The van der Waals surface area contributed by atoms with E-state index in [4.69, 9.17) is 5.84 Å². The van der Waals surface area contributed by atoms with E-state index in [0.717, 1.165) is 17.8 Å². The Morgan fingerprint density at radius 1 is 1.33 bits per heavy atom. The highest BCUT2D eigenvalue weighted by Crippen LogP contribution is 2.23. The Hall–Kier alpha value is -1.72. The molecule has 2 heterocycles. The van der Waals surface area contributed by atoms with Gasteiger partial charge < -0.3 is 0 Å². The summed E-state index contributed by atoms with van der Waals surface area (Å²) in [5.74, 6) is 5.70. The molecule has 0 aliphatic carbocycles. The van der Waals surface area contributed by atoms with E-state index >= 15 is 0 Å². The largest absolute Gasteiger partial charge is 0.272 e. The van der Waals surface area contributed by atoms with E-state index in [1.807, 2.05) is 30.8 Å². The van der Waals surface area contributed by atoms with Gasteiger partial charge >= 0.3 is 0 Å². The monoisotopic (exact) mass is 245 g/mol. The summed E-state index contributed by atoms with van der Waals surface area (Å²) in [5, 5.41) is 4.43. The van der Waals surface area contributed by atoms with Gasteiger partial charge in [0.25, 0.3) is 0 Å². The Morgan fingerprint density at radius 3 is 2.50 bits per heavy atom. The molecule has 0 saturated heterocycles. The summed E-state index contributed by atoms with van der Waals surface area (Å²) in [6, 6.07) is 4.08. The van der Waals surface area contributed by atoms with E-state index in [1.165, 1.54) is 11.1 Å². The van der Waals surface area contributed by atoms with Gasteiger partial charge in [-0.1, -0.05) is 0 Å². The molecular weight excluding hydrogens is 226 g/mol. The van der Waals surface area contributed by atoms with Crippen LogP contribution in [0.15, 0.2) is 24.5 Å². The molecule has 1 unspecified atom stereocenters. The van der Waals surface area contributed by atoms with Gasteiger partial charge in [0, 0.05) is 30.7 Å². The smallest absolute Gasteiger partial charge is 0.0644 e. The van der Waals surface area contributed by atoms with Gasteiger partial charge in [-0.25, -0.2) is 0 Å². The summed E-state index contributed by atoms with van der Waals surface area (Å²) in [4.78, 5) is 4.02. The average molecular weight is 245 g/mol. The molecule has 2 aromatic rings. The number of rotatable bonds is 4. The summed E-state index contributed by atoms with van der Waals surface area (Å²) in [6.45, 7) is 4.07. The Balaban J connectivity index is 2.29. The van der Waals surface area contributed by atoms with E-state index in [-0.39, 0.29) is 6.04 Å². The molecule has 0 amide bonds. The van der Waals surface area contributed by atoms with Gasteiger partial charge in [0.05, 0.1) is 11.7 Å². The first-order valence-corrected chi connectivity index (χ1v) is 5.98. The van der Waals surface area contributed by atoms with E-state index < -0.39 is 0 Å². The molecule has 5 nitrogen and oxygen atoms in total. The zero-order valence-electron chi connectivity index (χ0n) is 11.0. The van der Waals surface area contributed by atoms with Gasteiger partial charge in [0.1, 0.15) is 0 Å². The quantitative estimate of drug-likeness (QED) is 0.627. The number of aryl methyl sites for hydroxylation is 2. The van der Waals surface area contributed by atoms with Crippen molar-refractivity contribution in [3.63, 3.8) is 0 Å². The van der Waals surface area contributed by atoms with Crippen molar-refractivity contribution in [3.8, 4) is 0 Å². The molecule has 0 spiro atoms. The minimum absolute atomic E-state index is 0.0705. The van der Waals surface area contributed by atoms with E-state index in [0.29, 0.717) is 0 Å². The summed E-state index contributed by atoms with van der Waals surface area (Å²) in [6.07, 6.45) is 4.42. The minimum atomic E-state index is 0.0705. The lowest BCUT2D eigenvalue weighted by Crippen LogP contribution is -2.30. The van der Waals surface area contributed by atoms with Crippen LogP contribution >= 0.6 is 0 Å². The maximum absolute atomic E-state index is 5.70. The highest BCUT2D eigenvalue weighted by atomic mass is 15.3. The van der Waals surface area contributed by atoms with Gasteiger partial charge in [-0.2, -0.15) is 5.10 Å². The second kappa shape index (κ2) is 5.29. The number of hydrogen-bond acceptors (Lipinski definition) is 4. The molecule has 0 radical (unpaired) electrons. The first-order chi connectivity index (χ1) is 8.63. The molecule has 0 aliphatic heterocycles. The molecule has 0 aromatic carbocycles. The third-order valence-corrected chi connectivity index (χ3v) is 3.30. The maximum atomic E-state index is 5.70. The Bertz CT molecular complexity index is 518. The fraction of sp³-hybridized carbons (Fsp3) is 0.385. The van der Waals surface area contributed by atoms with E-state index in [1.54, 1.807) is 12.4 Å². The van der Waals surface area contributed by atoms with Crippen LogP contribution in [-0.2, 0) is 13.5 Å². The van der Waals surface area contributed by atoms with Crippen LogP contribution in [-0.4, -0.2) is 14.8 Å². The van der Waals surface area contributed by atoms with Crippen molar-refractivity contribution in [1.29, 1.82) is 0 Å². The van der Waals surface area contributed by atoms with Gasteiger partial charge in [-0.3, -0.25) is 20.9 Å². The highest BCUT2D eigenvalue weighted by Gasteiger charge is 2.19. The minimum Gasteiger partial charge on any atom is -0.272 e. The van der Waals surface area contributed by atoms with Crippen molar-refractivity contribution in [2.45, 2.75) is 26.3 Å². The number of nitrogens with one attached hydrogen (secondary N) is 1. The maximum Gasteiger partial charge on any atom is 0.0644 e. The Labute approximate surface area is 107 Å². The van der Waals surface area contributed by atoms with E-state index in [2.05, 4.69) is 22.4 Å². The van der Waals surface area contributed by atoms with Crippen LogP contribution in [0.3, 0.4) is 0 Å². The normalized spacial score (nSPS) is 12.7. The fourth-order valence-corrected chi connectivity index (χ4v) is 2.29. The van der Waals surface area contributed by atoms with Gasteiger partial charge in [0.15, 0.2) is 0 Å². The van der Waals surface area contributed by atoms with Crippen LogP contribution in [0.1, 0.15) is 28.6 Å². The predicted octanol–water partition coefficient (Wildman–Crippen LogP) is 1.18. The van der Waals surface area contributed by atoms with Crippen molar-refractivity contribution in [1.82, 2.24) is 20.2 Å². The topological polar surface area (TPSA) is 68.8 Å². The second-order valence-electron chi connectivity index (χ2n) is 4.49. The van der Waals surface area contributed by atoms with Crippen LogP contribution in [0.25, 0.3) is 0 Å². The molecule has 0 bridgehead atoms. The lowest BCUT2D eigenvalue weighted by atomic mass is 9.98. The van der Waals surface area contributed by atoms with Crippen molar-refractivity contribution in [2.75, 3.05) is 0 Å². The number of hydrogen-bond donors (Lipinski definition) is 2. The molecular formula is C13H19N5. The van der Waals surface area contributed by atoms with E-state index in [9.17, 15) is 0 Å². The Morgan fingerprint density at radius 2 is 2.00 bits per heavy atom. The third kappa shape index (κ3) is 2.42. The molecule has 96 valence electrons. The summed E-state index contributed by atoms with van der Waals surface area (Å²) < 4.78 is 1.89. The van der Waals surface area contributed by atoms with Crippen LogP contribution in [0, 0.1) is 13.8 Å². The lowest BCUT2D eigenvalue weighted by molar-refractivity contribution is 0.545. The zero-order chi connectivity index (χ0) is 13.1. The first-order valence-electron chi connectivity index (χ1n) is 5.98. The molecule has 0 fully saturated rings. The first kappa shape index (κ1) is 12.7. The molecule has 5 heteroatoms. The summed E-state index contributed by atoms with van der Waals surface area (Å²) in [5.41, 5.74) is 7.43. The molecule has 2 rings (SSSR count). The van der Waals surface area contributed by atoms with Gasteiger partial charge in [-0.05, 0) is 38.0 Å². The van der Waals surface area contributed by atoms with Crippen LogP contribution < -0.4 is 11.3 Å². The van der Waals surface area contributed by atoms with Crippen molar-refractivity contribution in [3.05, 3.63) is 47.0 Å². The molecule has 1 atom stereocenters. The molecule has 3 N–H and O–H groups in total. The number of nitrogens with zero attached hydrogens (tertiary/aromatic N) is 3. The molecule has 0 aliphatic rings. The average Bonchev–Trinajstić information content (AvgIpc) is 2.62. The van der Waals surface area contributed by atoms with Gasteiger partial charge in [0.2, 0.25) is 0 Å². The second-order valence-corrected chi connectivity index (χ2v) is 4.49. The summed E-state index contributed by atoms with van der Waals surface area (Å²) >= 11 is 0. The molecule has 18 heavy (non-hydrogen) atoms. The third-order valence-electron chi connectivity index (χ3n) is 3.30. The van der Waals surface area contributed by atoms with Crippen LogP contribution in [0.5, 0.6) is 0 Å². The fourth-order valence-electron chi connectivity index (χ4n) is 2.29. The standard InChI is InChI=1S/C13H19N5/c1-9-13(10(2)18(3)17-9)12(16-14)8-11-4-6-15-7-5-11/h4-7,12,16H,8,14H2,1-3H3. The summed E-state index contributed by atoms with van der Waals surface area (Å²) in [7, 11) is 1.95. The molecule has 0 saturated carbocycles. The lowest BCUT2D eigenvalue weighted by Gasteiger charge is -2.16. The Kier molecular flexibility index (Phi) is 3.74. The van der Waals surface area contributed by atoms with Crippen molar-refractivity contribution >= 4 is 0 Å². The number of nitrogens with two attached hydrogens (primary N) is 1. The van der Waals surface area contributed by atoms with Crippen molar-refractivity contribution < 1.29 is 0 Å². The predicted molar refractivity (Wildman–Crippen MR) is 70.7 cm³/mol. The zero-order valence-corrected chi connectivity index (χ0v) is 11.0. The van der Waals surface area contributed by atoms with Crippen molar-refractivity contribution in [2.24, 2.45) is 12.9 Å². The number of aromatic nitrogens is 3. The number of pyridine rings is 1. The van der Waals surface area contributed by atoms with Gasteiger partial charge in [-0.15, -0.1) is 0 Å². The molecule has 2 aromatic heterocycles. The van der Waals surface area contributed by atoms with Crippen LogP contribution in [0.4, 0.5) is 0 Å².